The standard InChI is InChI=1S/C15H24N2O2/c1-9-10(2)15(19-5)12(6-13(9)18-4)14(16-3)11-7-17-8-11/h6,11,14,16-17H,7-8H2,1-5H3. The lowest BCUT2D eigenvalue weighted by Crippen LogP contribution is -2.48. The zero-order valence-electron chi connectivity index (χ0n) is 12.5. The summed E-state index contributed by atoms with van der Waals surface area (Å²) in [6, 6.07) is 2.41. The molecular weight excluding hydrogens is 240 g/mol. The maximum Gasteiger partial charge on any atom is 0.127 e. The van der Waals surface area contributed by atoms with Gasteiger partial charge in [-0.05, 0) is 38.1 Å². The van der Waals surface area contributed by atoms with Crippen molar-refractivity contribution in [3.8, 4) is 11.5 Å². The van der Waals surface area contributed by atoms with Crippen molar-refractivity contribution in [2.45, 2.75) is 19.9 Å². The van der Waals surface area contributed by atoms with Gasteiger partial charge in [0.25, 0.3) is 0 Å². The van der Waals surface area contributed by atoms with Crippen LogP contribution in [-0.2, 0) is 0 Å². The molecule has 19 heavy (non-hydrogen) atoms. The molecule has 106 valence electrons. The summed E-state index contributed by atoms with van der Waals surface area (Å²) in [6.45, 7) is 6.25. The minimum atomic E-state index is 0.296. The summed E-state index contributed by atoms with van der Waals surface area (Å²) in [6.07, 6.45) is 0. The predicted octanol–water partition coefficient (Wildman–Crippen LogP) is 1.80. The van der Waals surface area contributed by atoms with Crippen LogP contribution < -0.4 is 20.1 Å². The highest BCUT2D eigenvalue weighted by atomic mass is 16.5. The summed E-state index contributed by atoms with van der Waals surface area (Å²) in [5.74, 6) is 2.51. The highest BCUT2D eigenvalue weighted by molar-refractivity contribution is 5.54. The summed E-state index contributed by atoms with van der Waals surface area (Å²) in [7, 11) is 5.46. The second kappa shape index (κ2) is 5.80. The molecular formula is C15H24N2O2. The Morgan fingerprint density at radius 2 is 1.89 bits per heavy atom. The molecule has 1 unspecified atom stereocenters. The van der Waals surface area contributed by atoms with Gasteiger partial charge in [0, 0.05) is 30.6 Å². The molecule has 1 saturated heterocycles. The van der Waals surface area contributed by atoms with Gasteiger partial charge in [-0.25, -0.2) is 0 Å². The summed E-state index contributed by atoms with van der Waals surface area (Å²) in [5, 5.41) is 6.74. The van der Waals surface area contributed by atoms with Crippen LogP contribution in [0.15, 0.2) is 6.07 Å². The van der Waals surface area contributed by atoms with Crippen LogP contribution in [0.4, 0.5) is 0 Å². The molecule has 4 heteroatoms. The predicted molar refractivity (Wildman–Crippen MR) is 77.2 cm³/mol. The van der Waals surface area contributed by atoms with Crippen molar-refractivity contribution in [2.24, 2.45) is 5.92 Å². The Labute approximate surface area is 115 Å². The number of hydrogen-bond donors (Lipinski definition) is 2. The van der Waals surface area contributed by atoms with Crippen molar-refractivity contribution in [3.05, 3.63) is 22.8 Å². The average Bonchev–Trinajstić information content (AvgIpc) is 2.36. The first-order chi connectivity index (χ1) is 9.13. The van der Waals surface area contributed by atoms with E-state index in [0.29, 0.717) is 12.0 Å². The lowest BCUT2D eigenvalue weighted by molar-refractivity contribution is 0.261. The van der Waals surface area contributed by atoms with E-state index >= 15 is 0 Å². The second-order valence-electron chi connectivity index (χ2n) is 5.14. The smallest absolute Gasteiger partial charge is 0.127 e. The van der Waals surface area contributed by atoms with E-state index < -0.39 is 0 Å². The molecule has 1 aliphatic rings. The maximum absolute atomic E-state index is 5.64. The number of nitrogens with one attached hydrogen (secondary N) is 2. The van der Waals surface area contributed by atoms with Gasteiger partial charge in [-0.3, -0.25) is 0 Å². The van der Waals surface area contributed by atoms with Crippen molar-refractivity contribution in [1.29, 1.82) is 0 Å². The van der Waals surface area contributed by atoms with Gasteiger partial charge >= 0.3 is 0 Å². The summed E-state index contributed by atoms with van der Waals surface area (Å²) < 4.78 is 11.1. The first-order valence-electron chi connectivity index (χ1n) is 6.74. The molecule has 0 spiro atoms. The largest absolute Gasteiger partial charge is 0.496 e. The van der Waals surface area contributed by atoms with Gasteiger partial charge in [-0.15, -0.1) is 0 Å². The number of benzene rings is 1. The molecule has 4 nitrogen and oxygen atoms in total. The summed E-state index contributed by atoms with van der Waals surface area (Å²) in [4.78, 5) is 0. The molecule has 0 radical (unpaired) electrons. The van der Waals surface area contributed by atoms with Crippen LogP contribution in [0.1, 0.15) is 22.7 Å². The number of hydrogen-bond acceptors (Lipinski definition) is 4. The van der Waals surface area contributed by atoms with E-state index in [-0.39, 0.29) is 0 Å². The van der Waals surface area contributed by atoms with E-state index in [1.807, 2.05) is 7.05 Å². The molecule has 0 bridgehead atoms. The van der Waals surface area contributed by atoms with Crippen LogP contribution in [0.5, 0.6) is 11.5 Å². The topological polar surface area (TPSA) is 42.5 Å². The third kappa shape index (κ3) is 2.42. The van der Waals surface area contributed by atoms with Crippen molar-refractivity contribution < 1.29 is 9.47 Å². The normalized spacial score (nSPS) is 16.9. The first kappa shape index (κ1) is 14.2. The molecule has 1 atom stereocenters. The summed E-state index contributed by atoms with van der Waals surface area (Å²) in [5.41, 5.74) is 3.49. The van der Waals surface area contributed by atoms with Gasteiger partial charge in [-0.2, -0.15) is 0 Å². The molecule has 1 aliphatic heterocycles. The Kier molecular flexibility index (Phi) is 4.32. The van der Waals surface area contributed by atoms with Crippen molar-refractivity contribution in [3.63, 3.8) is 0 Å². The Hall–Kier alpha value is -1.26. The monoisotopic (exact) mass is 264 g/mol. The zero-order valence-corrected chi connectivity index (χ0v) is 12.5. The Bertz CT molecular complexity index is 456. The van der Waals surface area contributed by atoms with Gasteiger partial charge in [0.15, 0.2) is 0 Å². The lowest BCUT2D eigenvalue weighted by atomic mass is 9.86. The molecule has 0 saturated carbocycles. The van der Waals surface area contributed by atoms with E-state index in [9.17, 15) is 0 Å². The van der Waals surface area contributed by atoms with Crippen LogP contribution in [0, 0.1) is 19.8 Å². The van der Waals surface area contributed by atoms with Crippen LogP contribution in [0.2, 0.25) is 0 Å². The quantitative estimate of drug-likeness (QED) is 0.851. The van der Waals surface area contributed by atoms with Crippen molar-refractivity contribution in [1.82, 2.24) is 10.6 Å². The van der Waals surface area contributed by atoms with E-state index in [1.165, 1.54) is 5.56 Å². The Balaban J connectivity index is 2.49. The van der Waals surface area contributed by atoms with Crippen LogP contribution in [-0.4, -0.2) is 34.4 Å². The Morgan fingerprint density at radius 1 is 1.21 bits per heavy atom. The van der Waals surface area contributed by atoms with E-state index in [0.717, 1.165) is 35.7 Å². The molecule has 2 N–H and O–H groups in total. The van der Waals surface area contributed by atoms with Crippen molar-refractivity contribution in [2.75, 3.05) is 34.4 Å². The molecule has 0 aliphatic carbocycles. The van der Waals surface area contributed by atoms with Gasteiger partial charge in [0.2, 0.25) is 0 Å². The van der Waals surface area contributed by atoms with Gasteiger partial charge in [-0.1, -0.05) is 0 Å². The van der Waals surface area contributed by atoms with Crippen molar-refractivity contribution >= 4 is 0 Å². The van der Waals surface area contributed by atoms with Crippen LogP contribution in [0.25, 0.3) is 0 Å². The Morgan fingerprint density at radius 3 is 2.32 bits per heavy atom. The number of ether oxygens (including phenoxy) is 2. The van der Waals surface area contributed by atoms with Crippen LogP contribution in [0.3, 0.4) is 0 Å². The van der Waals surface area contributed by atoms with Gasteiger partial charge in [0.1, 0.15) is 11.5 Å². The number of methoxy groups -OCH3 is 2. The number of rotatable bonds is 5. The van der Waals surface area contributed by atoms with E-state index in [2.05, 4.69) is 30.5 Å². The first-order valence-corrected chi connectivity index (χ1v) is 6.74. The fourth-order valence-corrected chi connectivity index (χ4v) is 2.79. The molecule has 1 aromatic carbocycles. The summed E-state index contributed by atoms with van der Waals surface area (Å²) >= 11 is 0. The third-order valence-corrected chi connectivity index (χ3v) is 4.18. The fraction of sp³-hybridized carbons (Fsp3) is 0.600. The highest BCUT2D eigenvalue weighted by Gasteiger charge is 2.30. The zero-order chi connectivity index (χ0) is 14.0. The minimum Gasteiger partial charge on any atom is -0.496 e. The van der Waals surface area contributed by atoms with Gasteiger partial charge in [0.05, 0.1) is 14.2 Å². The van der Waals surface area contributed by atoms with E-state index in [4.69, 9.17) is 9.47 Å². The fourth-order valence-electron chi connectivity index (χ4n) is 2.79. The molecule has 0 aromatic heterocycles. The van der Waals surface area contributed by atoms with E-state index in [1.54, 1.807) is 14.2 Å². The molecule has 2 rings (SSSR count). The molecule has 0 amide bonds. The average molecular weight is 264 g/mol. The lowest BCUT2D eigenvalue weighted by Gasteiger charge is -2.36. The van der Waals surface area contributed by atoms with Crippen LogP contribution >= 0.6 is 0 Å². The molecule has 1 aromatic rings. The third-order valence-electron chi connectivity index (χ3n) is 4.18. The highest BCUT2D eigenvalue weighted by Crippen LogP contribution is 2.39. The van der Waals surface area contributed by atoms with Gasteiger partial charge < -0.3 is 20.1 Å². The second-order valence-corrected chi connectivity index (χ2v) is 5.14. The molecule has 1 fully saturated rings. The SMILES string of the molecule is CNC(c1cc(OC)c(C)c(C)c1OC)C1CNC1. The maximum atomic E-state index is 5.64. The minimum absolute atomic E-state index is 0.296. The molecule has 1 heterocycles.